The Morgan fingerprint density at radius 3 is 1.73 bits per heavy atom. The fourth-order valence-electron chi connectivity index (χ4n) is 4.97. The second kappa shape index (κ2) is 12.0. The van der Waals surface area contributed by atoms with Gasteiger partial charge in [0.15, 0.2) is 0 Å². The summed E-state index contributed by atoms with van der Waals surface area (Å²) in [5.41, 5.74) is 10.4. The molecule has 2 amide bonds. The highest BCUT2D eigenvalue weighted by molar-refractivity contribution is 8.00. The van der Waals surface area contributed by atoms with Crippen LogP contribution in [0.5, 0.6) is 0 Å². The molecule has 5 N–H and O–H groups in total. The van der Waals surface area contributed by atoms with Crippen molar-refractivity contribution in [3.05, 3.63) is 144 Å². The Hall–Kier alpha value is -4.75. The van der Waals surface area contributed by atoms with E-state index in [2.05, 4.69) is 47.0 Å². The van der Waals surface area contributed by atoms with Gasteiger partial charge in [0.2, 0.25) is 5.91 Å². The van der Waals surface area contributed by atoms with E-state index in [-0.39, 0.29) is 5.75 Å². The Kier molecular flexibility index (Phi) is 8.03. The van der Waals surface area contributed by atoms with Crippen LogP contribution in [0.25, 0.3) is 10.8 Å². The Balaban J connectivity index is 1.53. The first kappa shape index (κ1) is 26.8. The van der Waals surface area contributed by atoms with Crippen LogP contribution in [-0.2, 0) is 9.54 Å². The third-order valence-corrected chi connectivity index (χ3v) is 8.48. The van der Waals surface area contributed by atoms with E-state index in [0.29, 0.717) is 11.4 Å². The van der Waals surface area contributed by atoms with E-state index in [1.54, 1.807) is 12.1 Å². The average molecular weight is 548 g/mol. The highest BCUT2D eigenvalue weighted by Crippen LogP contribution is 2.48. The number of carbonyl (C=O) groups excluding carboxylic acids is 1. The minimum atomic E-state index is -1.27. The minimum absolute atomic E-state index is 0.170. The van der Waals surface area contributed by atoms with Gasteiger partial charge in [0.05, 0.1) is 4.75 Å². The molecule has 0 saturated heterocycles. The van der Waals surface area contributed by atoms with E-state index >= 15 is 0 Å². The lowest BCUT2D eigenvalue weighted by Crippen LogP contribution is -2.46. The number of nitrogen functional groups attached to an aromatic ring is 1. The number of amides is 2. The van der Waals surface area contributed by atoms with Crippen LogP contribution in [0.2, 0.25) is 0 Å². The van der Waals surface area contributed by atoms with Crippen LogP contribution in [0, 0.1) is 0 Å². The van der Waals surface area contributed by atoms with Crippen molar-refractivity contribution in [2.45, 2.75) is 10.8 Å². The molecule has 200 valence electrons. The van der Waals surface area contributed by atoms with Gasteiger partial charge in [-0.1, -0.05) is 115 Å². The van der Waals surface area contributed by atoms with Crippen molar-refractivity contribution in [3.8, 4) is 0 Å². The second-order valence-corrected chi connectivity index (χ2v) is 10.6. The molecule has 0 radical (unpaired) electrons. The number of hydrogen-bond acceptors (Lipinski definition) is 4. The standard InChI is InChI=1S/C33H29N3O3S/c34-28-20-10-19-27-26(28)18-11-21-29(27)35-31(37)30(36-32(38)39)22-40-33(23-12-4-1-5-13-23,24-14-6-2-7-15-24)25-16-8-3-9-17-25/h1-21,30,36H,22,34H2,(H,35,37)(H,38,39). The quantitative estimate of drug-likeness (QED) is 0.121. The van der Waals surface area contributed by atoms with Crippen molar-refractivity contribution in [2.75, 3.05) is 16.8 Å². The summed E-state index contributed by atoms with van der Waals surface area (Å²) in [4.78, 5) is 25.5. The third kappa shape index (κ3) is 5.51. The maximum atomic E-state index is 13.6. The molecule has 0 aliphatic carbocycles. The van der Waals surface area contributed by atoms with Crippen LogP contribution < -0.4 is 16.4 Å². The molecule has 0 aromatic heterocycles. The molecule has 5 aromatic carbocycles. The number of anilines is 2. The molecule has 0 aliphatic rings. The van der Waals surface area contributed by atoms with E-state index < -0.39 is 22.8 Å². The molecule has 5 rings (SSSR count). The number of nitrogens with one attached hydrogen (secondary N) is 2. The summed E-state index contributed by atoms with van der Waals surface area (Å²) in [5, 5.41) is 16.7. The highest BCUT2D eigenvalue weighted by atomic mass is 32.2. The summed E-state index contributed by atoms with van der Waals surface area (Å²) in [6.45, 7) is 0. The molecule has 0 aliphatic heterocycles. The molecule has 0 bridgehead atoms. The van der Waals surface area contributed by atoms with Gasteiger partial charge < -0.3 is 21.5 Å². The van der Waals surface area contributed by atoms with Gasteiger partial charge >= 0.3 is 6.09 Å². The zero-order valence-electron chi connectivity index (χ0n) is 21.7. The summed E-state index contributed by atoms with van der Waals surface area (Å²) < 4.78 is -0.698. The maximum absolute atomic E-state index is 13.6. The van der Waals surface area contributed by atoms with Crippen LogP contribution >= 0.6 is 11.8 Å². The summed E-state index contributed by atoms with van der Waals surface area (Å²) in [6, 6.07) is 40.2. The lowest BCUT2D eigenvalue weighted by atomic mass is 9.84. The first-order chi connectivity index (χ1) is 19.5. The van der Waals surface area contributed by atoms with Crippen LogP contribution in [-0.4, -0.2) is 28.9 Å². The van der Waals surface area contributed by atoms with Gasteiger partial charge in [-0.2, -0.15) is 0 Å². The maximum Gasteiger partial charge on any atom is 0.405 e. The van der Waals surface area contributed by atoms with Gasteiger partial charge in [0.25, 0.3) is 0 Å². The van der Waals surface area contributed by atoms with Crippen LogP contribution in [0.15, 0.2) is 127 Å². The van der Waals surface area contributed by atoms with Crippen molar-refractivity contribution in [2.24, 2.45) is 0 Å². The lowest BCUT2D eigenvalue weighted by molar-refractivity contribution is -0.117. The van der Waals surface area contributed by atoms with Gasteiger partial charge in [-0.3, -0.25) is 4.79 Å². The Morgan fingerprint density at radius 2 is 1.20 bits per heavy atom. The van der Waals surface area contributed by atoms with E-state index in [1.807, 2.05) is 78.9 Å². The van der Waals surface area contributed by atoms with E-state index in [1.165, 1.54) is 11.8 Å². The largest absolute Gasteiger partial charge is 0.465 e. The first-order valence-electron chi connectivity index (χ1n) is 12.9. The number of nitrogens with two attached hydrogens (primary N) is 1. The molecule has 40 heavy (non-hydrogen) atoms. The third-order valence-electron chi connectivity index (χ3n) is 6.84. The van der Waals surface area contributed by atoms with Crippen molar-refractivity contribution in [3.63, 3.8) is 0 Å². The van der Waals surface area contributed by atoms with Gasteiger partial charge in [0.1, 0.15) is 6.04 Å². The summed E-state index contributed by atoms with van der Waals surface area (Å²) in [5.74, 6) is -0.281. The number of rotatable bonds is 9. The predicted octanol–water partition coefficient (Wildman–Crippen LogP) is 6.72. The zero-order chi connectivity index (χ0) is 28.0. The fourth-order valence-corrected chi connectivity index (χ4v) is 6.53. The summed E-state index contributed by atoms with van der Waals surface area (Å²) in [7, 11) is 0. The Bertz CT molecular complexity index is 1520. The molecule has 0 heterocycles. The van der Waals surface area contributed by atoms with Gasteiger partial charge in [-0.05, 0) is 28.8 Å². The van der Waals surface area contributed by atoms with Crippen LogP contribution in [0.4, 0.5) is 16.2 Å². The minimum Gasteiger partial charge on any atom is -0.465 e. The molecule has 0 fully saturated rings. The van der Waals surface area contributed by atoms with Crippen molar-refractivity contribution >= 4 is 45.9 Å². The summed E-state index contributed by atoms with van der Waals surface area (Å²) in [6.07, 6.45) is -1.27. The number of carboxylic acid groups (broad SMARTS) is 1. The second-order valence-electron chi connectivity index (χ2n) is 9.33. The molecule has 0 saturated carbocycles. The molecule has 1 atom stereocenters. The Labute approximate surface area is 237 Å². The average Bonchev–Trinajstić information content (AvgIpc) is 2.99. The van der Waals surface area contributed by atoms with Gasteiger partial charge in [0, 0.05) is 27.9 Å². The zero-order valence-corrected chi connectivity index (χ0v) is 22.5. The summed E-state index contributed by atoms with van der Waals surface area (Å²) >= 11 is 1.52. The Morgan fingerprint density at radius 1 is 0.700 bits per heavy atom. The fraction of sp³-hybridized carbons (Fsp3) is 0.0909. The molecule has 5 aromatic rings. The normalized spacial score (nSPS) is 12.0. The molecular formula is C33H29N3O3S. The van der Waals surface area contributed by atoms with E-state index in [4.69, 9.17) is 5.73 Å². The van der Waals surface area contributed by atoms with E-state index in [0.717, 1.165) is 27.5 Å². The predicted molar refractivity (Wildman–Crippen MR) is 164 cm³/mol. The van der Waals surface area contributed by atoms with Crippen LogP contribution in [0.3, 0.4) is 0 Å². The van der Waals surface area contributed by atoms with Crippen molar-refractivity contribution in [1.29, 1.82) is 0 Å². The highest BCUT2D eigenvalue weighted by Gasteiger charge is 2.38. The monoisotopic (exact) mass is 547 g/mol. The van der Waals surface area contributed by atoms with Crippen LogP contribution in [0.1, 0.15) is 16.7 Å². The number of carbonyl (C=O) groups is 2. The first-order valence-corrected chi connectivity index (χ1v) is 13.9. The molecule has 7 heteroatoms. The van der Waals surface area contributed by atoms with Crippen molar-refractivity contribution < 1.29 is 14.7 Å². The van der Waals surface area contributed by atoms with E-state index in [9.17, 15) is 14.7 Å². The molecular weight excluding hydrogens is 518 g/mol. The molecule has 0 spiro atoms. The molecule has 1 unspecified atom stereocenters. The number of fused-ring (bicyclic) bond motifs is 1. The number of thioether (sulfide) groups is 1. The number of hydrogen-bond donors (Lipinski definition) is 4. The lowest BCUT2D eigenvalue weighted by Gasteiger charge is -2.36. The van der Waals surface area contributed by atoms with Gasteiger partial charge in [-0.15, -0.1) is 11.8 Å². The molecule has 6 nitrogen and oxygen atoms in total. The smallest absolute Gasteiger partial charge is 0.405 e. The number of benzene rings is 5. The van der Waals surface area contributed by atoms with Crippen molar-refractivity contribution in [1.82, 2.24) is 5.32 Å². The van der Waals surface area contributed by atoms with Gasteiger partial charge in [-0.25, -0.2) is 4.79 Å². The SMILES string of the molecule is Nc1cccc2c(NC(=O)C(CSC(c3ccccc3)(c3ccccc3)c3ccccc3)NC(=O)O)cccc12. The topological polar surface area (TPSA) is 104 Å².